The van der Waals surface area contributed by atoms with Crippen LogP contribution >= 0.6 is 23.2 Å². The highest BCUT2D eigenvalue weighted by atomic mass is 35.5. The highest BCUT2D eigenvalue weighted by Gasteiger charge is 2.29. The second-order valence-corrected chi connectivity index (χ2v) is 6.50. The van der Waals surface area contributed by atoms with Crippen molar-refractivity contribution in [3.05, 3.63) is 33.3 Å². The average Bonchev–Trinajstić information content (AvgIpc) is 2.86. The Morgan fingerprint density at radius 3 is 2.90 bits per heavy atom. The summed E-state index contributed by atoms with van der Waals surface area (Å²) in [6, 6.07) is 3.57. The van der Waals surface area contributed by atoms with Gasteiger partial charge in [0.05, 0.1) is 22.2 Å². The van der Waals surface area contributed by atoms with E-state index in [1.54, 1.807) is 11.0 Å². The largest absolute Gasteiger partial charge is 0.391 e. The number of hydrogen-bond donors (Lipinski definition) is 2. The van der Waals surface area contributed by atoms with Gasteiger partial charge in [0, 0.05) is 13.1 Å². The van der Waals surface area contributed by atoms with Crippen molar-refractivity contribution in [1.29, 1.82) is 0 Å². The minimum absolute atomic E-state index is 0.0265. The fraction of sp³-hybridized carbons (Fsp3) is 0.533. The van der Waals surface area contributed by atoms with Crippen molar-refractivity contribution >= 4 is 29.2 Å². The standard InChI is InChI=1S/C15H18Cl2N2O2/c16-12-5-3-10-11(14(12)17)4-6-13(10)18-15(21)19-7-1-2-9(20)8-19/h3,5,9,13,20H,1-2,4,6-8H2,(H,18,21). The highest BCUT2D eigenvalue weighted by molar-refractivity contribution is 6.42. The maximum absolute atomic E-state index is 12.3. The lowest BCUT2D eigenvalue weighted by atomic mass is 10.1. The Balaban J connectivity index is 1.70. The van der Waals surface area contributed by atoms with Crippen LogP contribution in [0.25, 0.3) is 0 Å². The molecule has 1 saturated heterocycles. The number of piperidine rings is 1. The number of benzene rings is 1. The first kappa shape index (κ1) is 14.9. The molecule has 2 aliphatic rings. The van der Waals surface area contributed by atoms with Gasteiger partial charge in [-0.15, -0.1) is 0 Å². The highest BCUT2D eigenvalue weighted by Crippen LogP contribution is 2.39. The first-order valence-corrected chi connectivity index (χ1v) is 8.02. The number of urea groups is 1. The molecular weight excluding hydrogens is 311 g/mol. The Kier molecular flexibility index (Phi) is 4.29. The Labute approximate surface area is 134 Å². The summed E-state index contributed by atoms with van der Waals surface area (Å²) in [5, 5.41) is 13.9. The number of amides is 2. The van der Waals surface area contributed by atoms with E-state index in [1.165, 1.54) is 0 Å². The van der Waals surface area contributed by atoms with Crippen molar-refractivity contribution in [2.24, 2.45) is 0 Å². The zero-order chi connectivity index (χ0) is 15.0. The van der Waals surface area contributed by atoms with Crippen LogP contribution in [0, 0.1) is 0 Å². The number of carbonyl (C=O) groups is 1. The number of nitrogens with zero attached hydrogens (tertiary/aromatic N) is 1. The zero-order valence-corrected chi connectivity index (χ0v) is 13.1. The maximum atomic E-state index is 12.3. The van der Waals surface area contributed by atoms with Crippen molar-refractivity contribution in [1.82, 2.24) is 10.2 Å². The number of likely N-dealkylation sites (tertiary alicyclic amines) is 1. The predicted octanol–water partition coefficient (Wildman–Crippen LogP) is 3.15. The molecule has 0 aromatic heterocycles. The van der Waals surface area contributed by atoms with E-state index in [2.05, 4.69) is 5.32 Å². The van der Waals surface area contributed by atoms with Gasteiger partial charge in [0.15, 0.2) is 0 Å². The minimum Gasteiger partial charge on any atom is -0.391 e. The van der Waals surface area contributed by atoms with Crippen molar-refractivity contribution in [2.75, 3.05) is 13.1 Å². The molecule has 1 aromatic carbocycles. The third kappa shape index (κ3) is 2.98. The molecule has 2 atom stereocenters. The molecule has 0 saturated carbocycles. The Bertz CT molecular complexity index is 565. The molecule has 114 valence electrons. The summed E-state index contributed by atoms with van der Waals surface area (Å²) in [6.07, 6.45) is 2.86. The Morgan fingerprint density at radius 1 is 1.33 bits per heavy atom. The van der Waals surface area contributed by atoms with Gasteiger partial charge in [0.2, 0.25) is 0 Å². The minimum atomic E-state index is -0.409. The van der Waals surface area contributed by atoms with Crippen LogP contribution in [0.1, 0.15) is 36.4 Å². The van der Waals surface area contributed by atoms with Gasteiger partial charge in [0.1, 0.15) is 0 Å². The van der Waals surface area contributed by atoms with Gasteiger partial charge in [0.25, 0.3) is 0 Å². The molecule has 4 nitrogen and oxygen atoms in total. The summed E-state index contributed by atoms with van der Waals surface area (Å²) in [4.78, 5) is 14.0. The van der Waals surface area contributed by atoms with E-state index in [1.807, 2.05) is 6.07 Å². The van der Waals surface area contributed by atoms with E-state index in [9.17, 15) is 9.90 Å². The van der Waals surface area contributed by atoms with Crippen LogP contribution in [0.4, 0.5) is 4.79 Å². The summed E-state index contributed by atoms with van der Waals surface area (Å²) >= 11 is 12.2. The predicted molar refractivity (Wildman–Crippen MR) is 82.9 cm³/mol. The van der Waals surface area contributed by atoms with E-state index in [-0.39, 0.29) is 12.1 Å². The number of rotatable bonds is 1. The number of carbonyl (C=O) groups excluding carboxylic acids is 1. The summed E-state index contributed by atoms with van der Waals surface area (Å²) in [5.41, 5.74) is 2.09. The molecule has 2 N–H and O–H groups in total. The van der Waals surface area contributed by atoms with Crippen LogP contribution in [0.3, 0.4) is 0 Å². The van der Waals surface area contributed by atoms with Crippen LogP contribution in [0.15, 0.2) is 12.1 Å². The van der Waals surface area contributed by atoms with E-state index in [4.69, 9.17) is 23.2 Å². The molecule has 1 aromatic rings. The number of fused-ring (bicyclic) bond motifs is 1. The van der Waals surface area contributed by atoms with Crippen molar-refractivity contribution < 1.29 is 9.90 Å². The van der Waals surface area contributed by atoms with Crippen LogP contribution < -0.4 is 5.32 Å². The van der Waals surface area contributed by atoms with Gasteiger partial charge in [-0.2, -0.15) is 0 Å². The maximum Gasteiger partial charge on any atom is 0.317 e. The molecule has 1 aliphatic heterocycles. The van der Waals surface area contributed by atoms with E-state index in [0.717, 1.165) is 36.8 Å². The molecule has 2 amide bonds. The monoisotopic (exact) mass is 328 g/mol. The lowest BCUT2D eigenvalue weighted by Crippen LogP contribution is -2.47. The number of β-amino-alcohol motifs (C(OH)–C–C–N with tert-alkyl or cyclic N) is 1. The molecule has 1 aliphatic carbocycles. The number of halogens is 2. The van der Waals surface area contributed by atoms with Crippen molar-refractivity contribution in [2.45, 2.75) is 37.8 Å². The second-order valence-electron chi connectivity index (χ2n) is 5.71. The smallest absolute Gasteiger partial charge is 0.317 e. The molecule has 21 heavy (non-hydrogen) atoms. The summed E-state index contributed by atoms with van der Waals surface area (Å²) in [5.74, 6) is 0. The van der Waals surface area contributed by atoms with Crippen LogP contribution in [0.5, 0.6) is 0 Å². The van der Waals surface area contributed by atoms with Gasteiger partial charge >= 0.3 is 6.03 Å². The number of hydrogen-bond acceptors (Lipinski definition) is 2. The molecule has 1 fully saturated rings. The van der Waals surface area contributed by atoms with Crippen LogP contribution in [-0.4, -0.2) is 35.2 Å². The molecular formula is C15H18Cl2N2O2. The Morgan fingerprint density at radius 2 is 2.14 bits per heavy atom. The van der Waals surface area contributed by atoms with E-state index >= 15 is 0 Å². The van der Waals surface area contributed by atoms with E-state index in [0.29, 0.717) is 23.1 Å². The Hall–Kier alpha value is -0.970. The third-order valence-electron chi connectivity index (χ3n) is 4.27. The molecule has 1 heterocycles. The number of aliphatic hydroxyl groups is 1. The SMILES string of the molecule is O=C(NC1CCc2c1ccc(Cl)c2Cl)N1CCCC(O)C1. The normalized spacial score (nSPS) is 24.8. The quantitative estimate of drug-likeness (QED) is 0.832. The van der Waals surface area contributed by atoms with Gasteiger partial charge in [-0.05, 0) is 42.9 Å². The lowest BCUT2D eigenvalue weighted by molar-refractivity contribution is 0.0833. The van der Waals surface area contributed by atoms with Crippen LogP contribution in [0.2, 0.25) is 10.0 Å². The third-order valence-corrected chi connectivity index (χ3v) is 5.12. The van der Waals surface area contributed by atoms with Gasteiger partial charge in [-0.3, -0.25) is 0 Å². The average molecular weight is 329 g/mol. The second kappa shape index (κ2) is 6.03. The topological polar surface area (TPSA) is 52.6 Å². The lowest BCUT2D eigenvalue weighted by Gasteiger charge is -2.31. The molecule has 0 spiro atoms. The fourth-order valence-corrected chi connectivity index (χ4v) is 3.61. The molecule has 6 heteroatoms. The summed E-state index contributed by atoms with van der Waals surface area (Å²) in [7, 11) is 0. The molecule has 0 radical (unpaired) electrons. The molecule has 2 unspecified atom stereocenters. The molecule has 3 rings (SSSR count). The van der Waals surface area contributed by atoms with Crippen molar-refractivity contribution in [3.63, 3.8) is 0 Å². The first-order chi connectivity index (χ1) is 10.1. The number of aliphatic hydroxyl groups excluding tert-OH is 1. The molecule has 0 bridgehead atoms. The van der Waals surface area contributed by atoms with Gasteiger partial charge < -0.3 is 15.3 Å². The van der Waals surface area contributed by atoms with Crippen molar-refractivity contribution in [3.8, 4) is 0 Å². The summed E-state index contributed by atoms with van der Waals surface area (Å²) in [6.45, 7) is 1.11. The van der Waals surface area contributed by atoms with Gasteiger partial charge in [-0.25, -0.2) is 4.79 Å². The van der Waals surface area contributed by atoms with E-state index < -0.39 is 6.10 Å². The van der Waals surface area contributed by atoms with Crippen LogP contribution in [-0.2, 0) is 6.42 Å². The summed E-state index contributed by atoms with van der Waals surface area (Å²) < 4.78 is 0. The number of nitrogens with one attached hydrogen (secondary N) is 1. The first-order valence-electron chi connectivity index (χ1n) is 7.26. The van der Waals surface area contributed by atoms with Gasteiger partial charge in [-0.1, -0.05) is 29.3 Å². The zero-order valence-electron chi connectivity index (χ0n) is 11.6. The fourth-order valence-electron chi connectivity index (χ4n) is 3.16.